The van der Waals surface area contributed by atoms with Gasteiger partial charge in [0.1, 0.15) is 5.76 Å². The predicted octanol–water partition coefficient (Wildman–Crippen LogP) is 2.65. The molecule has 0 aliphatic heterocycles. The summed E-state index contributed by atoms with van der Waals surface area (Å²) in [5.74, 6) is 0.0219. The summed E-state index contributed by atoms with van der Waals surface area (Å²) in [6, 6.07) is 12.4. The first-order chi connectivity index (χ1) is 11.6. The number of carbonyl (C=O) groups is 1. The molecule has 0 N–H and O–H groups in total. The molecule has 0 fully saturated rings. The van der Waals surface area contributed by atoms with Crippen molar-refractivity contribution >= 4 is 5.97 Å². The minimum atomic E-state index is -0.554. The fourth-order valence-corrected chi connectivity index (χ4v) is 2.27. The molecular weight excluding hydrogens is 308 g/mol. The molecule has 6 nitrogen and oxygen atoms in total. The molecule has 3 rings (SSSR count). The Kier molecular flexibility index (Phi) is 4.29. The Morgan fingerprint density at radius 3 is 2.62 bits per heavy atom. The number of benzene rings is 1. The quantitative estimate of drug-likeness (QED) is 0.690. The molecular formula is C18H16N2O4. The Morgan fingerprint density at radius 1 is 1.21 bits per heavy atom. The third-order valence-electron chi connectivity index (χ3n) is 3.60. The van der Waals surface area contributed by atoms with Gasteiger partial charge in [0.2, 0.25) is 5.76 Å². The van der Waals surface area contributed by atoms with Gasteiger partial charge in [0, 0.05) is 11.6 Å². The summed E-state index contributed by atoms with van der Waals surface area (Å²) in [6.45, 7) is 2.19. The fourth-order valence-electron chi connectivity index (χ4n) is 2.27. The average molecular weight is 324 g/mol. The Labute approximate surface area is 138 Å². The molecule has 0 radical (unpaired) electrons. The molecule has 6 heteroatoms. The molecule has 0 aliphatic carbocycles. The highest BCUT2D eigenvalue weighted by Gasteiger charge is 2.12. The molecule has 0 spiro atoms. The summed E-state index contributed by atoms with van der Waals surface area (Å²) in [4.78, 5) is 28.0. The summed E-state index contributed by atoms with van der Waals surface area (Å²) in [5, 5.41) is 0. The highest BCUT2D eigenvalue weighted by atomic mass is 16.5. The molecule has 2 heterocycles. The Morgan fingerprint density at radius 2 is 1.96 bits per heavy atom. The smallest absolute Gasteiger partial charge is 0.373 e. The lowest BCUT2D eigenvalue weighted by Crippen LogP contribution is -2.20. The number of furan rings is 1. The van der Waals surface area contributed by atoms with Crippen molar-refractivity contribution in [1.82, 2.24) is 9.55 Å². The second kappa shape index (κ2) is 6.54. The normalized spacial score (nSPS) is 10.6. The molecule has 0 atom stereocenters. The van der Waals surface area contributed by atoms with Gasteiger partial charge in [-0.2, -0.15) is 0 Å². The largest absolute Gasteiger partial charge is 0.463 e. The third-order valence-corrected chi connectivity index (χ3v) is 3.60. The van der Waals surface area contributed by atoms with E-state index in [2.05, 4.69) is 9.72 Å². The zero-order valence-electron chi connectivity index (χ0n) is 13.4. The van der Waals surface area contributed by atoms with Crippen molar-refractivity contribution in [2.75, 3.05) is 7.11 Å². The summed E-state index contributed by atoms with van der Waals surface area (Å²) < 4.78 is 11.4. The van der Waals surface area contributed by atoms with E-state index in [1.54, 1.807) is 6.07 Å². The van der Waals surface area contributed by atoms with Gasteiger partial charge in [-0.05, 0) is 19.1 Å². The number of aromatic nitrogens is 2. The number of ether oxygens (including phenoxy) is 1. The van der Waals surface area contributed by atoms with Gasteiger partial charge in [-0.1, -0.05) is 29.8 Å². The van der Waals surface area contributed by atoms with Gasteiger partial charge in [0.15, 0.2) is 0 Å². The van der Waals surface area contributed by atoms with Gasteiger partial charge < -0.3 is 9.15 Å². The number of hydrogen-bond donors (Lipinski definition) is 0. The number of rotatable bonds is 4. The molecule has 0 unspecified atom stereocenters. The lowest BCUT2D eigenvalue weighted by Gasteiger charge is -2.05. The van der Waals surface area contributed by atoms with Crippen LogP contribution in [-0.4, -0.2) is 22.6 Å². The summed E-state index contributed by atoms with van der Waals surface area (Å²) >= 11 is 0. The highest BCUT2D eigenvalue weighted by molar-refractivity contribution is 5.86. The van der Waals surface area contributed by atoms with Crippen molar-refractivity contribution in [3.8, 4) is 11.3 Å². The minimum Gasteiger partial charge on any atom is -0.463 e. The van der Waals surface area contributed by atoms with E-state index in [1.807, 2.05) is 31.2 Å². The number of carbonyl (C=O) groups excluding carboxylic acids is 1. The van der Waals surface area contributed by atoms with Crippen LogP contribution in [-0.2, 0) is 11.3 Å². The zero-order chi connectivity index (χ0) is 17.1. The minimum absolute atomic E-state index is 0.102. The second-order valence-corrected chi connectivity index (χ2v) is 5.36. The first-order valence-corrected chi connectivity index (χ1v) is 7.37. The van der Waals surface area contributed by atoms with Crippen LogP contribution in [0.3, 0.4) is 0 Å². The number of aryl methyl sites for hydroxylation is 1. The molecule has 0 bridgehead atoms. The van der Waals surface area contributed by atoms with Crippen LogP contribution in [0.4, 0.5) is 0 Å². The molecule has 0 aliphatic rings. The maximum atomic E-state index is 12.3. The van der Waals surface area contributed by atoms with E-state index >= 15 is 0 Å². The van der Waals surface area contributed by atoms with Crippen LogP contribution in [0.2, 0.25) is 0 Å². The fraction of sp³-hybridized carbons (Fsp3) is 0.167. The molecule has 3 aromatic rings. The molecule has 0 saturated carbocycles. The lowest BCUT2D eigenvalue weighted by molar-refractivity contribution is 0.0563. The molecule has 0 amide bonds. The van der Waals surface area contributed by atoms with Crippen LogP contribution < -0.4 is 5.56 Å². The van der Waals surface area contributed by atoms with Gasteiger partial charge in [-0.15, -0.1) is 0 Å². The van der Waals surface area contributed by atoms with E-state index in [0.717, 1.165) is 11.1 Å². The maximum Gasteiger partial charge on any atom is 0.373 e. The number of methoxy groups -OCH3 is 1. The van der Waals surface area contributed by atoms with E-state index in [9.17, 15) is 9.59 Å². The van der Waals surface area contributed by atoms with Crippen molar-refractivity contribution in [1.29, 1.82) is 0 Å². The highest BCUT2D eigenvalue weighted by Crippen LogP contribution is 2.16. The van der Waals surface area contributed by atoms with Crippen LogP contribution in [0, 0.1) is 6.92 Å². The van der Waals surface area contributed by atoms with Gasteiger partial charge in [-0.25, -0.2) is 9.78 Å². The monoisotopic (exact) mass is 324 g/mol. The van der Waals surface area contributed by atoms with Crippen LogP contribution in [0.1, 0.15) is 21.9 Å². The molecule has 2 aromatic heterocycles. The van der Waals surface area contributed by atoms with Crippen molar-refractivity contribution in [3.63, 3.8) is 0 Å². The van der Waals surface area contributed by atoms with E-state index in [1.165, 1.54) is 30.1 Å². The standard InChI is InChI=1S/C18H16N2O4/c1-12-3-5-13(6-4-12)15-9-17(21)20(11-19-15)10-14-7-8-16(24-14)18(22)23-2/h3-9,11H,10H2,1-2H3. The summed E-state index contributed by atoms with van der Waals surface area (Å²) in [6.07, 6.45) is 1.47. The van der Waals surface area contributed by atoms with Crippen LogP contribution in [0.25, 0.3) is 11.3 Å². The first kappa shape index (κ1) is 15.7. The van der Waals surface area contributed by atoms with Gasteiger partial charge in [0.25, 0.3) is 5.56 Å². The van der Waals surface area contributed by atoms with E-state index in [-0.39, 0.29) is 17.9 Å². The van der Waals surface area contributed by atoms with Gasteiger partial charge >= 0.3 is 5.97 Å². The number of esters is 1. The Balaban J connectivity index is 1.82. The summed E-state index contributed by atoms with van der Waals surface area (Å²) in [7, 11) is 1.28. The maximum absolute atomic E-state index is 12.3. The zero-order valence-corrected chi connectivity index (χ0v) is 13.4. The Bertz CT molecular complexity index is 923. The van der Waals surface area contributed by atoms with Crippen molar-refractivity contribution in [2.24, 2.45) is 0 Å². The van der Waals surface area contributed by atoms with Crippen LogP contribution in [0.15, 0.2) is 58.0 Å². The second-order valence-electron chi connectivity index (χ2n) is 5.36. The Hall–Kier alpha value is -3.15. The van der Waals surface area contributed by atoms with Crippen molar-refractivity contribution < 1.29 is 13.9 Å². The third kappa shape index (κ3) is 3.27. The van der Waals surface area contributed by atoms with Gasteiger partial charge in [0.05, 0.1) is 25.7 Å². The van der Waals surface area contributed by atoms with E-state index < -0.39 is 5.97 Å². The SMILES string of the molecule is COC(=O)c1ccc(Cn2cnc(-c3ccc(C)cc3)cc2=O)o1. The summed E-state index contributed by atoms with van der Waals surface area (Å²) in [5.41, 5.74) is 2.45. The van der Waals surface area contributed by atoms with Crippen molar-refractivity contribution in [2.45, 2.75) is 13.5 Å². The van der Waals surface area contributed by atoms with Crippen LogP contribution >= 0.6 is 0 Å². The molecule has 1 aromatic carbocycles. The van der Waals surface area contributed by atoms with Gasteiger partial charge in [-0.3, -0.25) is 9.36 Å². The molecule has 122 valence electrons. The topological polar surface area (TPSA) is 74.3 Å². The molecule has 0 saturated heterocycles. The van der Waals surface area contributed by atoms with Crippen LogP contribution in [0.5, 0.6) is 0 Å². The lowest BCUT2D eigenvalue weighted by atomic mass is 10.1. The predicted molar refractivity (Wildman–Crippen MR) is 87.8 cm³/mol. The number of nitrogens with zero attached hydrogens (tertiary/aromatic N) is 2. The first-order valence-electron chi connectivity index (χ1n) is 7.37. The number of hydrogen-bond acceptors (Lipinski definition) is 5. The molecule has 24 heavy (non-hydrogen) atoms. The van der Waals surface area contributed by atoms with E-state index in [0.29, 0.717) is 11.5 Å². The van der Waals surface area contributed by atoms with Crippen molar-refractivity contribution in [3.05, 3.63) is 76.2 Å². The van der Waals surface area contributed by atoms with E-state index in [4.69, 9.17) is 4.42 Å². The average Bonchev–Trinajstić information content (AvgIpc) is 3.05.